The van der Waals surface area contributed by atoms with Crippen LogP contribution in [0.3, 0.4) is 0 Å². The summed E-state index contributed by atoms with van der Waals surface area (Å²) in [7, 11) is 0. The Hall–Kier alpha value is -2.06. The minimum absolute atomic E-state index is 0.175. The normalized spacial score (nSPS) is 14.3. The molecule has 0 fully saturated rings. The summed E-state index contributed by atoms with van der Waals surface area (Å²) < 4.78 is 0. The van der Waals surface area contributed by atoms with E-state index in [2.05, 4.69) is 72.7 Å². The monoisotopic (exact) mass is 264 g/mol. The zero-order valence-electron chi connectivity index (χ0n) is 11.7. The van der Waals surface area contributed by atoms with Gasteiger partial charge in [-0.25, -0.2) is 0 Å². The quantitative estimate of drug-likeness (QED) is 0.733. The minimum atomic E-state index is 0.175. The summed E-state index contributed by atoms with van der Waals surface area (Å²) in [4.78, 5) is 3.37. The van der Waals surface area contributed by atoms with Crippen molar-refractivity contribution in [3.05, 3.63) is 71.9 Å². The molecule has 0 aliphatic carbocycles. The SMILES string of the molecule is CC(N)CC(c1ccccc1)c1c[nH]c2ccccc12. The van der Waals surface area contributed by atoms with Gasteiger partial charge in [-0.1, -0.05) is 48.5 Å². The van der Waals surface area contributed by atoms with Crippen molar-refractivity contribution in [3.8, 4) is 0 Å². The first-order valence-corrected chi connectivity index (χ1v) is 7.12. The Morgan fingerprint density at radius 3 is 2.45 bits per heavy atom. The van der Waals surface area contributed by atoms with E-state index in [-0.39, 0.29) is 6.04 Å². The van der Waals surface area contributed by atoms with Crippen molar-refractivity contribution in [1.29, 1.82) is 0 Å². The number of para-hydroxylation sites is 1. The minimum Gasteiger partial charge on any atom is -0.361 e. The van der Waals surface area contributed by atoms with Crippen LogP contribution >= 0.6 is 0 Å². The third kappa shape index (κ3) is 2.47. The summed E-state index contributed by atoms with van der Waals surface area (Å²) in [5, 5.41) is 1.29. The first kappa shape index (κ1) is 12.9. The molecule has 2 heteroatoms. The molecule has 102 valence electrons. The smallest absolute Gasteiger partial charge is 0.0457 e. The van der Waals surface area contributed by atoms with Crippen molar-refractivity contribution in [3.63, 3.8) is 0 Å². The van der Waals surface area contributed by atoms with Crippen LogP contribution in [0.1, 0.15) is 30.4 Å². The topological polar surface area (TPSA) is 41.8 Å². The second kappa shape index (κ2) is 5.51. The fourth-order valence-electron chi connectivity index (χ4n) is 2.88. The van der Waals surface area contributed by atoms with Crippen LogP contribution < -0.4 is 5.73 Å². The Kier molecular flexibility index (Phi) is 3.57. The first-order valence-electron chi connectivity index (χ1n) is 7.12. The van der Waals surface area contributed by atoms with E-state index < -0.39 is 0 Å². The van der Waals surface area contributed by atoms with Gasteiger partial charge in [-0.05, 0) is 30.5 Å². The number of benzene rings is 2. The zero-order chi connectivity index (χ0) is 13.9. The van der Waals surface area contributed by atoms with E-state index in [9.17, 15) is 0 Å². The molecule has 2 unspecified atom stereocenters. The number of fused-ring (bicyclic) bond motifs is 1. The van der Waals surface area contributed by atoms with Crippen molar-refractivity contribution < 1.29 is 0 Å². The van der Waals surface area contributed by atoms with Crippen LogP contribution in [0.15, 0.2) is 60.8 Å². The lowest BCUT2D eigenvalue weighted by Gasteiger charge is -2.19. The van der Waals surface area contributed by atoms with Crippen molar-refractivity contribution in [2.24, 2.45) is 5.73 Å². The molecule has 2 nitrogen and oxygen atoms in total. The Morgan fingerprint density at radius 2 is 1.70 bits per heavy atom. The molecule has 0 radical (unpaired) electrons. The highest BCUT2D eigenvalue weighted by Gasteiger charge is 2.19. The maximum atomic E-state index is 6.07. The molecule has 3 aromatic rings. The van der Waals surface area contributed by atoms with Crippen LogP contribution in [0.25, 0.3) is 10.9 Å². The van der Waals surface area contributed by atoms with Crippen molar-refractivity contribution in [2.75, 3.05) is 0 Å². The molecule has 2 aromatic carbocycles. The largest absolute Gasteiger partial charge is 0.361 e. The first-order chi connectivity index (χ1) is 9.75. The summed E-state index contributed by atoms with van der Waals surface area (Å²) in [6.07, 6.45) is 3.08. The van der Waals surface area contributed by atoms with Crippen LogP contribution in [0.4, 0.5) is 0 Å². The highest BCUT2D eigenvalue weighted by Crippen LogP contribution is 2.33. The fraction of sp³-hybridized carbons (Fsp3) is 0.222. The van der Waals surface area contributed by atoms with Crippen LogP contribution in [0.2, 0.25) is 0 Å². The molecule has 0 aliphatic rings. The van der Waals surface area contributed by atoms with Crippen LogP contribution in [-0.4, -0.2) is 11.0 Å². The molecule has 0 spiro atoms. The number of nitrogens with one attached hydrogen (secondary N) is 1. The summed E-state index contributed by atoms with van der Waals surface area (Å²) in [5.41, 5.74) is 9.92. The summed E-state index contributed by atoms with van der Waals surface area (Å²) >= 11 is 0. The summed E-state index contributed by atoms with van der Waals surface area (Å²) in [5.74, 6) is 0.340. The van der Waals surface area contributed by atoms with Gasteiger partial charge in [0, 0.05) is 29.1 Å². The average molecular weight is 264 g/mol. The molecular weight excluding hydrogens is 244 g/mol. The molecule has 3 rings (SSSR count). The lowest BCUT2D eigenvalue weighted by atomic mass is 9.86. The van der Waals surface area contributed by atoms with E-state index in [1.165, 1.54) is 22.0 Å². The lowest BCUT2D eigenvalue weighted by molar-refractivity contribution is 0.611. The predicted molar refractivity (Wildman–Crippen MR) is 84.9 cm³/mol. The van der Waals surface area contributed by atoms with Crippen molar-refractivity contribution in [2.45, 2.75) is 25.3 Å². The van der Waals surface area contributed by atoms with Gasteiger partial charge in [-0.2, -0.15) is 0 Å². The van der Waals surface area contributed by atoms with Gasteiger partial charge in [0.05, 0.1) is 0 Å². The molecule has 0 saturated carbocycles. The number of hydrogen-bond acceptors (Lipinski definition) is 1. The lowest BCUT2D eigenvalue weighted by Crippen LogP contribution is -2.19. The van der Waals surface area contributed by atoms with Crippen LogP contribution in [-0.2, 0) is 0 Å². The van der Waals surface area contributed by atoms with Gasteiger partial charge < -0.3 is 10.7 Å². The molecule has 0 bridgehead atoms. The second-order valence-electron chi connectivity index (χ2n) is 5.47. The van der Waals surface area contributed by atoms with Gasteiger partial charge in [0.1, 0.15) is 0 Å². The third-order valence-electron chi connectivity index (χ3n) is 3.81. The van der Waals surface area contributed by atoms with Gasteiger partial charge in [0.15, 0.2) is 0 Å². The van der Waals surface area contributed by atoms with E-state index in [0.29, 0.717) is 5.92 Å². The number of aromatic nitrogens is 1. The molecular formula is C18H20N2. The van der Waals surface area contributed by atoms with Gasteiger partial charge >= 0.3 is 0 Å². The van der Waals surface area contributed by atoms with E-state index in [1.54, 1.807) is 0 Å². The molecule has 1 aromatic heterocycles. The zero-order valence-corrected chi connectivity index (χ0v) is 11.7. The molecule has 0 amide bonds. The van der Waals surface area contributed by atoms with E-state index >= 15 is 0 Å². The van der Waals surface area contributed by atoms with Gasteiger partial charge in [-0.3, -0.25) is 0 Å². The Balaban J connectivity index is 2.09. The van der Waals surface area contributed by atoms with E-state index in [0.717, 1.165) is 6.42 Å². The molecule has 20 heavy (non-hydrogen) atoms. The second-order valence-corrected chi connectivity index (χ2v) is 5.47. The Morgan fingerprint density at radius 1 is 1.00 bits per heavy atom. The fourth-order valence-corrected chi connectivity index (χ4v) is 2.88. The predicted octanol–water partition coefficient (Wildman–Crippen LogP) is 4.04. The maximum Gasteiger partial charge on any atom is 0.0457 e. The molecule has 1 heterocycles. The molecule has 2 atom stereocenters. The molecule has 0 aliphatic heterocycles. The van der Waals surface area contributed by atoms with Gasteiger partial charge in [0.2, 0.25) is 0 Å². The van der Waals surface area contributed by atoms with Crippen molar-refractivity contribution >= 4 is 10.9 Å². The number of aromatic amines is 1. The van der Waals surface area contributed by atoms with Crippen LogP contribution in [0, 0.1) is 0 Å². The highest BCUT2D eigenvalue weighted by atomic mass is 14.7. The molecule has 0 saturated heterocycles. The molecule has 3 N–H and O–H groups in total. The van der Waals surface area contributed by atoms with Crippen LogP contribution in [0.5, 0.6) is 0 Å². The summed E-state index contributed by atoms with van der Waals surface area (Å²) in [6, 6.07) is 19.3. The maximum absolute atomic E-state index is 6.07. The highest BCUT2D eigenvalue weighted by molar-refractivity contribution is 5.84. The summed E-state index contributed by atoms with van der Waals surface area (Å²) in [6.45, 7) is 2.07. The number of hydrogen-bond donors (Lipinski definition) is 2. The number of nitrogens with two attached hydrogens (primary N) is 1. The van der Waals surface area contributed by atoms with Gasteiger partial charge in [0.25, 0.3) is 0 Å². The third-order valence-corrected chi connectivity index (χ3v) is 3.81. The van der Waals surface area contributed by atoms with Gasteiger partial charge in [-0.15, -0.1) is 0 Å². The Bertz CT molecular complexity index is 683. The average Bonchev–Trinajstić information content (AvgIpc) is 2.89. The van der Waals surface area contributed by atoms with E-state index in [1.807, 2.05) is 0 Å². The number of H-pyrrole nitrogens is 1. The Labute approximate surface area is 119 Å². The van der Waals surface area contributed by atoms with Crippen molar-refractivity contribution in [1.82, 2.24) is 4.98 Å². The van der Waals surface area contributed by atoms with E-state index in [4.69, 9.17) is 5.73 Å². The number of rotatable bonds is 4. The standard InChI is InChI=1S/C18H20N2/c1-13(19)11-16(14-7-3-2-4-8-14)17-12-20-18-10-6-5-9-15(17)18/h2-10,12-13,16,20H,11,19H2,1H3.